The van der Waals surface area contributed by atoms with Crippen molar-refractivity contribution < 1.29 is 4.79 Å². The zero-order chi connectivity index (χ0) is 14.7. The quantitative estimate of drug-likeness (QED) is 0.643. The Hall–Kier alpha value is -2.54. The van der Waals surface area contributed by atoms with Gasteiger partial charge in [-0.2, -0.15) is 0 Å². The number of anilines is 1. The molecule has 0 bridgehead atoms. The van der Waals surface area contributed by atoms with Crippen LogP contribution in [0, 0.1) is 0 Å². The number of thioether (sulfide) groups is 1. The van der Waals surface area contributed by atoms with Crippen molar-refractivity contribution in [2.75, 3.05) is 11.1 Å². The van der Waals surface area contributed by atoms with Crippen molar-refractivity contribution in [1.82, 2.24) is 15.0 Å². The zero-order valence-electron chi connectivity index (χ0n) is 10.9. The third-order valence-corrected chi connectivity index (χ3v) is 3.83. The van der Waals surface area contributed by atoms with Crippen LogP contribution in [0.4, 0.5) is 5.69 Å². The molecular formula is C14H12N4O2S. The van der Waals surface area contributed by atoms with Crippen molar-refractivity contribution in [2.24, 2.45) is 0 Å². The van der Waals surface area contributed by atoms with Gasteiger partial charge in [-0.1, -0.05) is 0 Å². The minimum Gasteiger partial charge on any atom is -0.325 e. The summed E-state index contributed by atoms with van der Waals surface area (Å²) in [5.41, 5.74) is 1.77. The van der Waals surface area contributed by atoms with Gasteiger partial charge in [-0.3, -0.25) is 9.78 Å². The predicted octanol–water partition coefficient (Wildman–Crippen LogP) is 1.98. The SMILES string of the molecule is O=C(CSc1ccncc1)Nc1ccc2[nH]c(=O)[nH]c2c1. The van der Waals surface area contributed by atoms with Crippen molar-refractivity contribution in [3.8, 4) is 0 Å². The highest BCUT2D eigenvalue weighted by Crippen LogP contribution is 2.18. The number of aromatic amines is 2. The second kappa shape index (κ2) is 5.84. The van der Waals surface area contributed by atoms with Crippen molar-refractivity contribution in [3.63, 3.8) is 0 Å². The topological polar surface area (TPSA) is 90.6 Å². The van der Waals surface area contributed by atoms with E-state index in [9.17, 15) is 9.59 Å². The maximum atomic E-state index is 11.9. The zero-order valence-corrected chi connectivity index (χ0v) is 11.7. The van der Waals surface area contributed by atoms with Gasteiger partial charge in [0.2, 0.25) is 5.91 Å². The second-order valence-electron chi connectivity index (χ2n) is 4.36. The van der Waals surface area contributed by atoms with Crippen LogP contribution in [0.5, 0.6) is 0 Å². The fraction of sp³-hybridized carbons (Fsp3) is 0.0714. The summed E-state index contributed by atoms with van der Waals surface area (Å²) in [4.78, 5) is 33.3. The van der Waals surface area contributed by atoms with E-state index in [0.29, 0.717) is 22.5 Å². The summed E-state index contributed by atoms with van der Waals surface area (Å²) in [5, 5.41) is 2.80. The molecule has 21 heavy (non-hydrogen) atoms. The number of aromatic nitrogens is 3. The molecule has 1 aromatic carbocycles. The van der Waals surface area contributed by atoms with Crippen LogP contribution in [0.25, 0.3) is 11.0 Å². The molecule has 6 nitrogen and oxygen atoms in total. The number of imidazole rings is 1. The summed E-state index contributed by atoms with van der Waals surface area (Å²) in [6, 6.07) is 8.94. The van der Waals surface area contributed by atoms with E-state index in [0.717, 1.165) is 4.90 Å². The third-order valence-electron chi connectivity index (χ3n) is 2.82. The van der Waals surface area contributed by atoms with Gasteiger partial charge < -0.3 is 15.3 Å². The summed E-state index contributed by atoms with van der Waals surface area (Å²) < 4.78 is 0. The number of nitrogens with zero attached hydrogens (tertiary/aromatic N) is 1. The number of hydrogen-bond donors (Lipinski definition) is 3. The van der Waals surface area contributed by atoms with Crippen molar-refractivity contribution in [2.45, 2.75) is 4.90 Å². The van der Waals surface area contributed by atoms with Crippen LogP contribution in [0.1, 0.15) is 0 Å². The Kier molecular flexibility index (Phi) is 3.74. The van der Waals surface area contributed by atoms with Gasteiger partial charge in [0.05, 0.1) is 16.8 Å². The van der Waals surface area contributed by atoms with Crippen molar-refractivity contribution >= 4 is 34.4 Å². The molecule has 106 valence electrons. The number of carbonyl (C=O) groups is 1. The van der Waals surface area contributed by atoms with Crippen molar-refractivity contribution in [3.05, 3.63) is 53.2 Å². The van der Waals surface area contributed by atoms with Crippen LogP contribution in [-0.2, 0) is 4.79 Å². The van der Waals surface area contributed by atoms with E-state index < -0.39 is 0 Å². The fourth-order valence-corrected chi connectivity index (χ4v) is 2.57. The maximum absolute atomic E-state index is 11.9. The molecule has 2 heterocycles. The van der Waals surface area contributed by atoms with Crippen molar-refractivity contribution in [1.29, 1.82) is 0 Å². The van der Waals surface area contributed by atoms with Crippen LogP contribution in [-0.4, -0.2) is 26.6 Å². The number of nitrogens with one attached hydrogen (secondary N) is 3. The average Bonchev–Trinajstić information content (AvgIpc) is 2.85. The number of fused-ring (bicyclic) bond motifs is 1. The lowest BCUT2D eigenvalue weighted by molar-refractivity contribution is -0.113. The number of hydrogen-bond acceptors (Lipinski definition) is 4. The van der Waals surface area contributed by atoms with Crippen LogP contribution < -0.4 is 11.0 Å². The third kappa shape index (κ3) is 3.32. The van der Waals surface area contributed by atoms with Gasteiger partial charge in [0, 0.05) is 23.0 Å². The smallest absolute Gasteiger partial charge is 0.323 e. The number of rotatable bonds is 4. The molecule has 7 heteroatoms. The van der Waals surface area contributed by atoms with Gasteiger partial charge in [0.25, 0.3) is 0 Å². The number of benzene rings is 1. The highest BCUT2D eigenvalue weighted by atomic mass is 32.2. The first-order valence-electron chi connectivity index (χ1n) is 6.25. The molecule has 3 N–H and O–H groups in total. The predicted molar refractivity (Wildman–Crippen MR) is 82.5 cm³/mol. The van der Waals surface area contributed by atoms with Gasteiger partial charge in [-0.05, 0) is 30.3 Å². The first kappa shape index (κ1) is 13.4. The second-order valence-corrected chi connectivity index (χ2v) is 5.41. The molecule has 1 amide bonds. The molecule has 0 unspecified atom stereocenters. The Bertz CT molecular complexity index is 826. The normalized spacial score (nSPS) is 10.7. The van der Waals surface area contributed by atoms with Gasteiger partial charge in [0.15, 0.2) is 0 Å². The molecule has 0 atom stereocenters. The standard InChI is InChI=1S/C14H12N4O2S/c19-13(8-21-10-3-5-15-6-4-10)16-9-1-2-11-12(7-9)18-14(20)17-11/h1-7H,8H2,(H,16,19)(H2,17,18,20). The highest BCUT2D eigenvalue weighted by Gasteiger charge is 2.05. The molecule has 3 rings (SSSR count). The van der Waals surface area contributed by atoms with E-state index in [1.165, 1.54) is 11.8 Å². The first-order chi connectivity index (χ1) is 10.2. The van der Waals surface area contributed by atoms with Gasteiger partial charge in [0.1, 0.15) is 0 Å². The highest BCUT2D eigenvalue weighted by molar-refractivity contribution is 8.00. The monoisotopic (exact) mass is 300 g/mol. The van der Waals surface area contributed by atoms with Crippen LogP contribution in [0.2, 0.25) is 0 Å². The summed E-state index contributed by atoms with van der Waals surface area (Å²) in [7, 11) is 0. The molecule has 0 saturated heterocycles. The molecule has 2 aromatic heterocycles. The lowest BCUT2D eigenvalue weighted by atomic mass is 10.3. The maximum Gasteiger partial charge on any atom is 0.323 e. The molecule has 0 aliphatic rings. The lowest BCUT2D eigenvalue weighted by Gasteiger charge is -2.05. The molecule has 0 radical (unpaired) electrons. The molecule has 0 aliphatic heterocycles. The molecule has 0 fully saturated rings. The Morgan fingerprint density at radius 3 is 2.71 bits per heavy atom. The van der Waals surface area contributed by atoms with E-state index in [2.05, 4.69) is 20.3 Å². The Morgan fingerprint density at radius 1 is 1.14 bits per heavy atom. The van der Waals surface area contributed by atoms with E-state index >= 15 is 0 Å². The van der Waals surface area contributed by atoms with E-state index in [1.54, 1.807) is 30.6 Å². The van der Waals surface area contributed by atoms with Gasteiger partial charge >= 0.3 is 5.69 Å². The van der Waals surface area contributed by atoms with Crippen LogP contribution >= 0.6 is 11.8 Å². The molecule has 3 aromatic rings. The van der Waals surface area contributed by atoms with Crippen LogP contribution in [0.15, 0.2) is 52.4 Å². The Labute approximate surface area is 124 Å². The molecule has 0 aliphatic carbocycles. The van der Waals surface area contributed by atoms with E-state index in [4.69, 9.17) is 0 Å². The summed E-state index contributed by atoms with van der Waals surface area (Å²) in [5.74, 6) is 0.208. The summed E-state index contributed by atoms with van der Waals surface area (Å²) >= 11 is 1.44. The lowest BCUT2D eigenvalue weighted by Crippen LogP contribution is -2.13. The molecule has 0 spiro atoms. The minimum atomic E-state index is -0.262. The van der Waals surface area contributed by atoms with Gasteiger partial charge in [-0.15, -0.1) is 11.8 Å². The Balaban J connectivity index is 1.64. The average molecular weight is 300 g/mol. The van der Waals surface area contributed by atoms with Gasteiger partial charge in [-0.25, -0.2) is 4.79 Å². The van der Waals surface area contributed by atoms with E-state index in [1.807, 2.05) is 12.1 Å². The number of H-pyrrole nitrogens is 2. The Morgan fingerprint density at radius 2 is 1.90 bits per heavy atom. The van der Waals surface area contributed by atoms with Crippen LogP contribution in [0.3, 0.4) is 0 Å². The first-order valence-corrected chi connectivity index (χ1v) is 7.24. The summed E-state index contributed by atoms with van der Waals surface area (Å²) in [6.07, 6.45) is 3.38. The largest absolute Gasteiger partial charge is 0.325 e. The number of amides is 1. The molecular weight excluding hydrogens is 288 g/mol. The molecule has 0 saturated carbocycles. The fourth-order valence-electron chi connectivity index (χ4n) is 1.89. The summed E-state index contributed by atoms with van der Waals surface area (Å²) in [6.45, 7) is 0. The number of carbonyl (C=O) groups excluding carboxylic acids is 1. The minimum absolute atomic E-state index is 0.103. The van der Waals surface area contributed by atoms with E-state index in [-0.39, 0.29) is 11.6 Å². The number of pyridine rings is 1.